The van der Waals surface area contributed by atoms with Gasteiger partial charge >= 0.3 is 6.03 Å². The first-order chi connectivity index (χ1) is 21.7. The second-order valence-corrected chi connectivity index (χ2v) is 13.3. The molecule has 0 bridgehead atoms. The molecule has 4 aromatic rings. The van der Waals surface area contributed by atoms with E-state index < -0.39 is 6.04 Å². The van der Waals surface area contributed by atoms with E-state index in [1.807, 2.05) is 65.4 Å². The summed E-state index contributed by atoms with van der Waals surface area (Å²) in [6, 6.07) is 21.2. The quantitative estimate of drug-likeness (QED) is 0.268. The molecule has 236 valence electrons. The van der Waals surface area contributed by atoms with Crippen LogP contribution < -0.4 is 15.1 Å². The minimum absolute atomic E-state index is 0.105. The molecule has 0 aliphatic carbocycles. The van der Waals surface area contributed by atoms with Gasteiger partial charge < -0.3 is 29.9 Å². The Kier molecular flexibility index (Phi) is 9.06. The zero-order chi connectivity index (χ0) is 31.7. The minimum atomic E-state index is -0.771. The Morgan fingerprint density at radius 3 is 2.49 bits per heavy atom. The predicted octanol–water partition coefficient (Wildman–Crippen LogP) is 5.90. The van der Waals surface area contributed by atoms with Crippen molar-refractivity contribution < 1.29 is 9.59 Å². The number of H-pyrrole nitrogens is 1. The van der Waals surface area contributed by atoms with Gasteiger partial charge in [-0.3, -0.25) is 4.79 Å². The van der Waals surface area contributed by atoms with E-state index in [0.717, 1.165) is 53.8 Å². The number of benzene rings is 3. The minimum Gasteiger partial charge on any atom is -0.368 e. The highest BCUT2D eigenvalue weighted by Gasteiger charge is 2.38. The number of urea groups is 1. The number of para-hydroxylation sites is 2. The summed E-state index contributed by atoms with van der Waals surface area (Å²) in [7, 11) is 4.11. The molecule has 8 nitrogen and oxygen atoms in total. The van der Waals surface area contributed by atoms with Crippen LogP contribution in [0.15, 0.2) is 72.9 Å². The van der Waals surface area contributed by atoms with Crippen LogP contribution >= 0.6 is 11.6 Å². The van der Waals surface area contributed by atoms with E-state index in [9.17, 15) is 9.59 Å². The third-order valence-electron chi connectivity index (χ3n) is 9.35. The fraction of sp³-hybridized carbons (Fsp3) is 0.389. The Morgan fingerprint density at radius 1 is 1.00 bits per heavy atom. The van der Waals surface area contributed by atoms with Gasteiger partial charge in [0.25, 0.3) is 0 Å². The molecule has 2 unspecified atom stereocenters. The number of carbonyl (C=O) groups excluding carboxylic acids is 2. The number of amides is 3. The fourth-order valence-corrected chi connectivity index (χ4v) is 7.27. The molecular weight excluding hydrogens is 584 g/mol. The molecule has 3 atom stereocenters. The van der Waals surface area contributed by atoms with Gasteiger partial charge in [-0.05, 0) is 80.4 Å². The molecule has 1 saturated heterocycles. The number of halogens is 1. The zero-order valence-corrected chi connectivity index (χ0v) is 27.3. The van der Waals surface area contributed by atoms with E-state index in [-0.39, 0.29) is 23.8 Å². The molecule has 9 heteroatoms. The maximum absolute atomic E-state index is 14.8. The van der Waals surface area contributed by atoms with Crippen LogP contribution in [0.4, 0.5) is 16.2 Å². The largest absolute Gasteiger partial charge is 0.368 e. The molecule has 0 spiro atoms. The van der Waals surface area contributed by atoms with Gasteiger partial charge in [0, 0.05) is 78.7 Å². The van der Waals surface area contributed by atoms with Gasteiger partial charge in [-0.2, -0.15) is 0 Å². The Bertz CT molecular complexity index is 1680. The average Bonchev–Trinajstić information content (AvgIpc) is 3.47. The number of aromatic amines is 1. The van der Waals surface area contributed by atoms with Crippen molar-refractivity contribution in [1.82, 2.24) is 20.1 Å². The van der Waals surface area contributed by atoms with Crippen molar-refractivity contribution in [2.75, 3.05) is 63.2 Å². The van der Waals surface area contributed by atoms with Gasteiger partial charge in [0.1, 0.15) is 6.04 Å². The standard InChI is InChI=1S/C36H43ClN6O2/c1-24-9-5-8-12-32(24)41-15-17-42(18-16-41)36(45)39-34(25(2)30-21-38-31-11-7-6-10-29(30)31)35(44)43-23-26(22-40(3)4)19-27-20-28(37)13-14-33(27)43/h5-14,20-21,25-26,34,38H,15-19,22-23H2,1-4H3,(H,39,45)/t25?,26-,34?/m1/s1. The van der Waals surface area contributed by atoms with Crippen LogP contribution in [0.5, 0.6) is 0 Å². The molecule has 3 heterocycles. The van der Waals surface area contributed by atoms with E-state index in [2.05, 4.69) is 65.4 Å². The van der Waals surface area contributed by atoms with Gasteiger partial charge in [0.15, 0.2) is 0 Å². The Labute approximate surface area is 270 Å². The van der Waals surface area contributed by atoms with E-state index in [0.29, 0.717) is 24.7 Å². The zero-order valence-electron chi connectivity index (χ0n) is 26.6. The number of rotatable bonds is 7. The first-order valence-electron chi connectivity index (χ1n) is 15.9. The van der Waals surface area contributed by atoms with Crippen molar-refractivity contribution in [3.63, 3.8) is 0 Å². The average molecular weight is 627 g/mol. The Hall–Kier alpha value is -4.01. The van der Waals surface area contributed by atoms with E-state index in [4.69, 9.17) is 11.6 Å². The number of piperazine rings is 1. The number of fused-ring (bicyclic) bond motifs is 2. The van der Waals surface area contributed by atoms with Gasteiger partial charge in [0.2, 0.25) is 5.91 Å². The predicted molar refractivity (Wildman–Crippen MR) is 184 cm³/mol. The van der Waals surface area contributed by atoms with Gasteiger partial charge in [0.05, 0.1) is 0 Å². The van der Waals surface area contributed by atoms with E-state index in [1.54, 1.807) is 0 Å². The third kappa shape index (κ3) is 6.53. The van der Waals surface area contributed by atoms with Crippen molar-refractivity contribution in [2.45, 2.75) is 32.2 Å². The van der Waals surface area contributed by atoms with Crippen molar-refractivity contribution >= 4 is 45.8 Å². The Balaban J connectivity index is 1.28. The van der Waals surface area contributed by atoms with Gasteiger partial charge in [-0.1, -0.05) is 54.9 Å². The summed E-state index contributed by atoms with van der Waals surface area (Å²) >= 11 is 6.42. The third-order valence-corrected chi connectivity index (χ3v) is 9.59. The lowest BCUT2D eigenvalue weighted by molar-refractivity contribution is -0.121. The summed E-state index contributed by atoms with van der Waals surface area (Å²) in [6.45, 7) is 8.22. The summed E-state index contributed by atoms with van der Waals surface area (Å²) in [5.74, 6) is -0.147. The van der Waals surface area contributed by atoms with E-state index in [1.165, 1.54) is 11.3 Å². The molecule has 1 fully saturated rings. The van der Waals surface area contributed by atoms with Crippen molar-refractivity contribution in [2.24, 2.45) is 5.92 Å². The Morgan fingerprint density at radius 2 is 1.73 bits per heavy atom. The molecule has 3 aromatic carbocycles. The molecule has 0 radical (unpaired) electrons. The molecule has 2 aliphatic heterocycles. The second-order valence-electron chi connectivity index (χ2n) is 12.8. The lowest BCUT2D eigenvalue weighted by Crippen LogP contribution is -2.58. The number of aryl methyl sites for hydroxylation is 1. The molecular formula is C36H43ClN6O2. The summed E-state index contributed by atoms with van der Waals surface area (Å²) in [4.78, 5) is 40.3. The van der Waals surface area contributed by atoms with Crippen LogP contribution in [0.2, 0.25) is 5.02 Å². The summed E-state index contributed by atoms with van der Waals surface area (Å²) in [5.41, 5.74) is 6.38. The van der Waals surface area contributed by atoms with Crippen molar-refractivity contribution in [1.29, 1.82) is 0 Å². The summed E-state index contributed by atoms with van der Waals surface area (Å²) in [5, 5.41) is 4.94. The molecule has 2 N–H and O–H groups in total. The molecule has 6 rings (SSSR count). The molecule has 1 aromatic heterocycles. The van der Waals surface area contributed by atoms with Crippen LogP contribution in [-0.4, -0.2) is 86.1 Å². The van der Waals surface area contributed by atoms with Crippen LogP contribution in [0.3, 0.4) is 0 Å². The SMILES string of the molecule is Cc1ccccc1N1CCN(C(=O)NC(C(=O)N2C[C@@H](CN(C)C)Cc3cc(Cl)ccc32)C(C)c2c[nH]c3ccccc23)CC1. The number of nitrogens with one attached hydrogen (secondary N) is 2. The highest BCUT2D eigenvalue weighted by Crippen LogP contribution is 2.35. The molecule has 45 heavy (non-hydrogen) atoms. The summed E-state index contributed by atoms with van der Waals surface area (Å²) < 4.78 is 0. The monoisotopic (exact) mass is 626 g/mol. The number of aromatic nitrogens is 1. The maximum Gasteiger partial charge on any atom is 0.318 e. The topological polar surface area (TPSA) is 74.9 Å². The van der Waals surface area contributed by atoms with Crippen LogP contribution in [0, 0.1) is 12.8 Å². The highest BCUT2D eigenvalue weighted by molar-refractivity contribution is 6.30. The smallest absolute Gasteiger partial charge is 0.318 e. The second kappa shape index (κ2) is 13.2. The lowest BCUT2D eigenvalue weighted by Gasteiger charge is -2.40. The fourth-order valence-electron chi connectivity index (χ4n) is 7.07. The van der Waals surface area contributed by atoms with Crippen LogP contribution in [-0.2, 0) is 11.2 Å². The van der Waals surface area contributed by atoms with E-state index >= 15 is 0 Å². The molecule has 2 aliphatic rings. The number of hydrogen-bond donors (Lipinski definition) is 2. The molecule has 3 amide bonds. The van der Waals surface area contributed by atoms with Crippen LogP contribution in [0.25, 0.3) is 10.9 Å². The highest BCUT2D eigenvalue weighted by atomic mass is 35.5. The molecule has 0 saturated carbocycles. The summed E-state index contributed by atoms with van der Waals surface area (Å²) in [6.07, 6.45) is 2.82. The number of nitrogens with zero attached hydrogens (tertiary/aromatic N) is 4. The number of anilines is 2. The normalized spacial score (nSPS) is 18.2. The first kappa shape index (κ1) is 31.0. The number of carbonyl (C=O) groups is 2. The maximum atomic E-state index is 14.8. The first-order valence-corrected chi connectivity index (χ1v) is 16.2. The van der Waals surface area contributed by atoms with Crippen LogP contribution in [0.1, 0.15) is 29.5 Å². The van der Waals surface area contributed by atoms with Gasteiger partial charge in [-0.25, -0.2) is 4.79 Å². The number of hydrogen-bond acceptors (Lipinski definition) is 4. The van der Waals surface area contributed by atoms with Crippen molar-refractivity contribution in [3.8, 4) is 0 Å². The lowest BCUT2D eigenvalue weighted by atomic mass is 9.88. The van der Waals surface area contributed by atoms with Crippen molar-refractivity contribution in [3.05, 3.63) is 94.6 Å². The van der Waals surface area contributed by atoms with Gasteiger partial charge in [-0.15, -0.1) is 0 Å².